The number of carboxylic acid groups (broad SMARTS) is 1. The van der Waals surface area contributed by atoms with Crippen molar-refractivity contribution in [1.82, 2.24) is 9.88 Å². The third kappa shape index (κ3) is 3.26. The molecule has 1 fully saturated rings. The monoisotopic (exact) mass is 325 g/mol. The molecule has 0 amide bonds. The first-order valence-corrected chi connectivity index (χ1v) is 8.23. The highest BCUT2D eigenvalue weighted by atomic mass is 16.4. The van der Waals surface area contributed by atoms with Crippen molar-refractivity contribution in [1.29, 1.82) is 0 Å². The van der Waals surface area contributed by atoms with E-state index in [2.05, 4.69) is 39.0 Å². The van der Waals surface area contributed by atoms with Gasteiger partial charge in [-0.25, -0.2) is 0 Å². The first kappa shape index (κ1) is 16.5. The Kier molecular flexibility index (Phi) is 4.81. The molecule has 2 atom stereocenters. The molecule has 1 aliphatic rings. The first-order chi connectivity index (χ1) is 11.6. The summed E-state index contributed by atoms with van der Waals surface area (Å²) in [5.41, 5.74) is 3.25. The highest BCUT2D eigenvalue weighted by Gasteiger charge is 2.36. The smallest absolute Gasteiger partial charge is 0.320 e. The maximum Gasteiger partial charge on any atom is 0.320 e. The maximum absolute atomic E-state index is 11.7. The normalized spacial score (nSPS) is 19.2. The summed E-state index contributed by atoms with van der Waals surface area (Å²) in [6.45, 7) is 0.784. The molecule has 2 aromatic rings. The quantitative estimate of drug-likeness (QED) is 0.916. The van der Waals surface area contributed by atoms with Gasteiger partial charge in [-0.1, -0.05) is 18.2 Å². The van der Waals surface area contributed by atoms with Crippen LogP contribution < -0.4 is 4.90 Å². The topological polar surface area (TPSA) is 56.7 Å². The molecule has 1 aliphatic heterocycles. The molecule has 1 aromatic heterocycles. The Hall–Kier alpha value is -2.40. The van der Waals surface area contributed by atoms with Gasteiger partial charge in [-0.15, -0.1) is 0 Å². The van der Waals surface area contributed by atoms with E-state index in [1.807, 2.05) is 32.4 Å². The molecular weight excluding hydrogens is 302 g/mol. The minimum absolute atomic E-state index is 0.0847. The van der Waals surface area contributed by atoms with E-state index in [-0.39, 0.29) is 6.04 Å². The Balaban J connectivity index is 2.01. The number of rotatable bonds is 5. The predicted molar refractivity (Wildman–Crippen MR) is 94.2 cm³/mol. The van der Waals surface area contributed by atoms with Crippen LogP contribution in [0.4, 0.5) is 5.69 Å². The van der Waals surface area contributed by atoms with Crippen LogP contribution in [0.3, 0.4) is 0 Å². The molecular formula is C19H23N3O2. The van der Waals surface area contributed by atoms with Crippen LogP contribution in [0.5, 0.6) is 0 Å². The number of hydrogen-bond donors (Lipinski definition) is 1. The summed E-state index contributed by atoms with van der Waals surface area (Å²) in [6, 6.07) is 11.7. The number of nitrogens with zero attached hydrogens (tertiary/aromatic N) is 3. The van der Waals surface area contributed by atoms with Crippen LogP contribution in [0.15, 0.2) is 48.8 Å². The van der Waals surface area contributed by atoms with Crippen molar-refractivity contribution >= 4 is 11.7 Å². The number of aromatic nitrogens is 1. The lowest BCUT2D eigenvalue weighted by Gasteiger charge is -2.32. The first-order valence-electron chi connectivity index (χ1n) is 8.23. The van der Waals surface area contributed by atoms with Gasteiger partial charge in [0.2, 0.25) is 0 Å². The highest BCUT2D eigenvalue weighted by Crippen LogP contribution is 2.35. The zero-order valence-corrected chi connectivity index (χ0v) is 14.1. The molecule has 126 valence electrons. The summed E-state index contributed by atoms with van der Waals surface area (Å²) in [6.07, 6.45) is 5.18. The molecule has 3 rings (SSSR count). The van der Waals surface area contributed by atoms with E-state index in [1.54, 1.807) is 6.20 Å². The largest absolute Gasteiger partial charge is 0.480 e. The zero-order chi connectivity index (χ0) is 17.1. The highest BCUT2D eigenvalue weighted by molar-refractivity contribution is 5.74. The van der Waals surface area contributed by atoms with E-state index >= 15 is 0 Å². The molecule has 24 heavy (non-hydrogen) atoms. The number of anilines is 1. The second-order valence-electron chi connectivity index (χ2n) is 6.41. The molecule has 0 aliphatic carbocycles. The number of benzene rings is 1. The Morgan fingerprint density at radius 2 is 2.00 bits per heavy atom. The number of carbonyl (C=O) groups is 1. The SMILES string of the molecule is CN(C)c1ccc(C(c2cccnc2)N2CCCC2C(=O)O)cc1. The minimum atomic E-state index is -0.744. The molecule has 0 bridgehead atoms. The fourth-order valence-electron chi connectivity index (χ4n) is 3.43. The Morgan fingerprint density at radius 1 is 1.25 bits per heavy atom. The van der Waals surface area contributed by atoms with Crippen molar-refractivity contribution in [3.8, 4) is 0 Å². The van der Waals surface area contributed by atoms with Gasteiger partial charge in [-0.2, -0.15) is 0 Å². The van der Waals surface area contributed by atoms with Crippen LogP contribution in [-0.4, -0.2) is 47.6 Å². The van der Waals surface area contributed by atoms with Crippen LogP contribution in [0, 0.1) is 0 Å². The standard InChI is InChI=1S/C19H23N3O2/c1-21(2)16-9-7-14(8-10-16)18(15-5-3-11-20-13-15)22-12-4-6-17(22)19(23)24/h3,5,7-11,13,17-18H,4,6,12H2,1-2H3,(H,23,24). The summed E-state index contributed by atoms with van der Waals surface area (Å²) in [7, 11) is 4.02. The van der Waals surface area contributed by atoms with Gasteiger partial charge in [-0.05, 0) is 42.2 Å². The predicted octanol–water partition coefficient (Wildman–Crippen LogP) is 2.79. The third-order valence-corrected chi connectivity index (χ3v) is 4.64. The fraction of sp³-hybridized carbons (Fsp3) is 0.368. The van der Waals surface area contributed by atoms with Crippen molar-refractivity contribution in [3.63, 3.8) is 0 Å². The zero-order valence-electron chi connectivity index (χ0n) is 14.1. The lowest BCUT2D eigenvalue weighted by Crippen LogP contribution is -2.39. The Labute approximate surface area is 142 Å². The average Bonchev–Trinajstić information content (AvgIpc) is 3.06. The Morgan fingerprint density at radius 3 is 2.58 bits per heavy atom. The number of aliphatic carboxylic acids is 1. The summed E-state index contributed by atoms with van der Waals surface area (Å²) < 4.78 is 0. The van der Waals surface area contributed by atoms with Crippen molar-refractivity contribution < 1.29 is 9.90 Å². The molecule has 5 nitrogen and oxygen atoms in total. The van der Waals surface area contributed by atoms with Crippen LogP contribution in [-0.2, 0) is 4.79 Å². The number of hydrogen-bond acceptors (Lipinski definition) is 4. The van der Waals surface area contributed by atoms with Crippen molar-refractivity contribution in [2.75, 3.05) is 25.5 Å². The van der Waals surface area contributed by atoms with E-state index < -0.39 is 12.0 Å². The van der Waals surface area contributed by atoms with Gasteiger partial charge in [0.25, 0.3) is 0 Å². The summed E-state index contributed by atoms with van der Waals surface area (Å²) >= 11 is 0. The van der Waals surface area contributed by atoms with Gasteiger partial charge in [0, 0.05) is 38.7 Å². The van der Waals surface area contributed by atoms with E-state index in [4.69, 9.17) is 0 Å². The van der Waals surface area contributed by atoms with Crippen molar-refractivity contribution in [2.45, 2.75) is 24.9 Å². The van der Waals surface area contributed by atoms with Gasteiger partial charge in [0.1, 0.15) is 6.04 Å². The molecule has 0 spiro atoms. The number of carboxylic acids is 1. The summed E-state index contributed by atoms with van der Waals surface area (Å²) in [4.78, 5) is 20.0. The molecule has 1 aromatic carbocycles. The fourth-order valence-corrected chi connectivity index (χ4v) is 3.43. The van der Waals surface area contributed by atoms with Gasteiger partial charge < -0.3 is 10.0 Å². The summed E-state index contributed by atoms with van der Waals surface area (Å²) in [5.74, 6) is -0.744. The lowest BCUT2D eigenvalue weighted by molar-refractivity contribution is -0.142. The number of pyridine rings is 1. The van der Waals surface area contributed by atoms with Gasteiger partial charge in [-0.3, -0.25) is 14.7 Å². The summed E-state index contributed by atoms with van der Waals surface area (Å²) in [5, 5.41) is 9.58. The van der Waals surface area contributed by atoms with Crippen molar-refractivity contribution in [2.24, 2.45) is 0 Å². The molecule has 5 heteroatoms. The molecule has 2 heterocycles. The van der Waals surface area contributed by atoms with Gasteiger partial charge in [0.15, 0.2) is 0 Å². The van der Waals surface area contributed by atoms with Gasteiger partial charge in [0.05, 0.1) is 6.04 Å². The van der Waals surface area contributed by atoms with E-state index in [1.165, 1.54) is 0 Å². The van der Waals surface area contributed by atoms with Crippen molar-refractivity contribution in [3.05, 3.63) is 59.9 Å². The molecule has 0 radical (unpaired) electrons. The second-order valence-corrected chi connectivity index (χ2v) is 6.41. The van der Waals surface area contributed by atoms with Gasteiger partial charge >= 0.3 is 5.97 Å². The minimum Gasteiger partial charge on any atom is -0.480 e. The molecule has 2 unspecified atom stereocenters. The van der Waals surface area contributed by atoms with E-state index in [0.717, 1.165) is 29.8 Å². The van der Waals surface area contributed by atoms with Crippen LogP contribution in [0.2, 0.25) is 0 Å². The second kappa shape index (κ2) is 7.01. The lowest BCUT2D eigenvalue weighted by atomic mass is 9.97. The van der Waals surface area contributed by atoms with Crippen LogP contribution in [0.1, 0.15) is 30.0 Å². The third-order valence-electron chi connectivity index (χ3n) is 4.64. The average molecular weight is 325 g/mol. The number of likely N-dealkylation sites (tertiary alicyclic amines) is 1. The van der Waals surface area contributed by atoms with Crippen LogP contribution in [0.25, 0.3) is 0 Å². The van der Waals surface area contributed by atoms with Crippen LogP contribution >= 0.6 is 0 Å². The maximum atomic E-state index is 11.7. The Bertz CT molecular complexity index is 686. The van der Waals surface area contributed by atoms with E-state index in [0.29, 0.717) is 6.42 Å². The molecule has 1 saturated heterocycles. The molecule has 0 saturated carbocycles. The molecule has 1 N–H and O–H groups in total. The van der Waals surface area contributed by atoms with E-state index in [9.17, 15) is 9.90 Å².